The Hall–Kier alpha value is -2.80. The Morgan fingerprint density at radius 3 is 2.15 bits per heavy atom. The number of halogens is 1. The van der Waals surface area contributed by atoms with Crippen molar-refractivity contribution in [3.8, 4) is 28.7 Å². The SMILES string of the molecule is COc1cc(OC)c(C(=O)Nc2cc3c(cc2Cl)OCCCO3)cc1OC. The molecule has 0 spiro atoms. The molecule has 1 aliphatic heterocycles. The largest absolute Gasteiger partial charge is 0.496 e. The fourth-order valence-corrected chi connectivity index (χ4v) is 2.88. The van der Waals surface area contributed by atoms with Gasteiger partial charge in [0.05, 0.1) is 50.8 Å². The second-order valence-electron chi connectivity index (χ2n) is 5.69. The summed E-state index contributed by atoms with van der Waals surface area (Å²) in [5.41, 5.74) is 0.682. The van der Waals surface area contributed by atoms with Crippen LogP contribution in [-0.2, 0) is 0 Å². The molecule has 0 saturated carbocycles. The number of methoxy groups -OCH3 is 3. The molecule has 2 aromatic rings. The number of benzene rings is 2. The summed E-state index contributed by atoms with van der Waals surface area (Å²) >= 11 is 6.30. The van der Waals surface area contributed by atoms with E-state index in [-0.39, 0.29) is 5.56 Å². The molecule has 8 heteroatoms. The maximum Gasteiger partial charge on any atom is 0.259 e. The smallest absolute Gasteiger partial charge is 0.259 e. The van der Waals surface area contributed by atoms with Crippen LogP contribution in [0.4, 0.5) is 5.69 Å². The Morgan fingerprint density at radius 2 is 1.52 bits per heavy atom. The summed E-state index contributed by atoms with van der Waals surface area (Å²) in [7, 11) is 4.47. The third-order valence-corrected chi connectivity index (χ3v) is 4.35. The van der Waals surface area contributed by atoms with Gasteiger partial charge in [-0.1, -0.05) is 11.6 Å². The summed E-state index contributed by atoms with van der Waals surface area (Å²) < 4.78 is 27.1. The fourth-order valence-electron chi connectivity index (χ4n) is 2.68. The lowest BCUT2D eigenvalue weighted by atomic mass is 10.1. The zero-order valence-corrected chi connectivity index (χ0v) is 16.0. The molecular formula is C19H20ClNO6. The second kappa shape index (κ2) is 8.26. The van der Waals surface area contributed by atoms with Gasteiger partial charge in [0, 0.05) is 30.7 Å². The number of fused-ring (bicyclic) bond motifs is 1. The highest BCUT2D eigenvalue weighted by molar-refractivity contribution is 6.34. The third kappa shape index (κ3) is 3.98. The minimum Gasteiger partial charge on any atom is -0.496 e. The van der Waals surface area contributed by atoms with Crippen molar-refractivity contribution in [1.82, 2.24) is 0 Å². The second-order valence-corrected chi connectivity index (χ2v) is 6.10. The van der Waals surface area contributed by atoms with Crippen LogP contribution in [0.15, 0.2) is 24.3 Å². The molecule has 0 radical (unpaired) electrons. The summed E-state index contributed by atoms with van der Waals surface area (Å²) in [6, 6.07) is 6.41. The minimum absolute atomic E-state index is 0.276. The van der Waals surface area contributed by atoms with Gasteiger partial charge in [-0.25, -0.2) is 0 Å². The summed E-state index contributed by atoms with van der Waals surface area (Å²) in [5, 5.41) is 3.12. The van der Waals surface area contributed by atoms with Crippen LogP contribution in [-0.4, -0.2) is 40.5 Å². The minimum atomic E-state index is -0.413. The molecule has 0 fully saturated rings. The lowest BCUT2D eigenvalue weighted by Crippen LogP contribution is -2.14. The lowest BCUT2D eigenvalue weighted by Gasteiger charge is -2.15. The van der Waals surface area contributed by atoms with Crippen LogP contribution in [0, 0.1) is 0 Å². The molecule has 1 amide bonds. The zero-order valence-electron chi connectivity index (χ0n) is 15.3. The Morgan fingerprint density at radius 1 is 0.926 bits per heavy atom. The number of carbonyl (C=O) groups excluding carboxylic acids is 1. The highest BCUT2D eigenvalue weighted by atomic mass is 35.5. The first-order valence-electron chi connectivity index (χ1n) is 8.28. The number of ether oxygens (including phenoxy) is 5. The molecule has 0 aromatic heterocycles. The predicted octanol–water partition coefficient (Wildman–Crippen LogP) is 3.78. The molecule has 27 heavy (non-hydrogen) atoms. The number of hydrogen-bond acceptors (Lipinski definition) is 6. The highest BCUT2D eigenvalue weighted by Gasteiger charge is 2.20. The van der Waals surface area contributed by atoms with E-state index in [1.165, 1.54) is 21.3 Å². The van der Waals surface area contributed by atoms with E-state index in [4.69, 9.17) is 35.3 Å². The van der Waals surface area contributed by atoms with Gasteiger partial charge in [0.15, 0.2) is 23.0 Å². The maximum absolute atomic E-state index is 12.8. The summed E-state index contributed by atoms with van der Waals surface area (Å²) in [4.78, 5) is 12.8. The van der Waals surface area contributed by atoms with Crippen LogP contribution >= 0.6 is 11.6 Å². The summed E-state index contributed by atoms with van der Waals surface area (Å²) in [5.74, 6) is 1.89. The molecule has 1 heterocycles. The number of carbonyl (C=O) groups is 1. The first kappa shape index (κ1) is 19.0. The van der Waals surface area contributed by atoms with Gasteiger partial charge in [-0.05, 0) is 0 Å². The first-order valence-corrected chi connectivity index (χ1v) is 8.65. The van der Waals surface area contributed by atoms with E-state index < -0.39 is 5.91 Å². The van der Waals surface area contributed by atoms with Crippen LogP contribution in [0.25, 0.3) is 0 Å². The van der Waals surface area contributed by atoms with E-state index in [1.54, 1.807) is 24.3 Å². The standard InChI is InChI=1S/C19H20ClNO6/c1-23-14-10-16(25-3)15(24-2)7-11(14)19(22)21-13-9-18-17(8-12(13)20)26-5-4-6-27-18/h7-10H,4-6H2,1-3H3,(H,21,22). The quantitative estimate of drug-likeness (QED) is 0.833. The van der Waals surface area contributed by atoms with Gasteiger partial charge in [-0.2, -0.15) is 0 Å². The monoisotopic (exact) mass is 393 g/mol. The van der Waals surface area contributed by atoms with Gasteiger partial charge in [0.25, 0.3) is 5.91 Å². The third-order valence-electron chi connectivity index (χ3n) is 4.04. The molecule has 1 aliphatic rings. The number of anilines is 1. The Labute approximate surface area is 162 Å². The lowest BCUT2D eigenvalue weighted by molar-refractivity contribution is 0.102. The summed E-state index contributed by atoms with van der Waals surface area (Å²) in [6.45, 7) is 1.09. The number of nitrogens with one attached hydrogen (secondary N) is 1. The van der Waals surface area contributed by atoms with Crippen molar-refractivity contribution in [2.24, 2.45) is 0 Å². The van der Waals surface area contributed by atoms with Crippen LogP contribution in [0.5, 0.6) is 28.7 Å². The van der Waals surface area contributed by atoms with Gasteiger partial charge >= 0.3 is 0 Å². The number of amides is 1. The first-order chi connectivity index (χ1) is 13.1. The van der Waals surface area contributed by atoms with E-state index in [0.29, 0.717) is 52.7 Å². The van der Waals surface area contributed by atoms with E-state index in [1.807, 2.05) is 0 Å². The van der Waals surface area contributed by atoms with E-state index in [0.717, 1.165) is 6.42 Å². The fraction of sp³-hybridized carbons (Fsp3) is 0.316. The molecule has 7 nitrogen and oxygen atoms in total. The van der Waals surface area contributed by atoms with Crippen LogP contribution in [0.2, 0.25) is 5.02 Å². The molecule has 0 saturated heterocycles. The number of rotatable bonds is 5. The van der Waals surface area contributed by atoms with Gasteiger partial charge in [0.1, 0.15) is 5.75 Å². The molecule has 144 valence electrons. The highest BCUT2D eigenvalue weighted by Crippen LogP contribution is 2.39. The van der Waals surface area contributed by atoms with E-state index >= 15 is 0 Å². The number of hydrogen-bond donors (Lipinski definition) is 1. The normalized spacial score (nSPS) is 12.7. The molecule has 1 N–H and O–H groups in total. The maximum atomic E-state index is 12.8. The predicted molar refractivity (Wildman–Crippen MR) is 101 cm³/mol. The van der Waals surface area contributed by atoms with Crippen molar-refractivity contribution in [2.75, 3.05) is 39.9 Å². The van der Waals surface area contributed by atoms with E-state index in [2.05, 4.69) is 5.32 Å². The van der Waals surface area contributed by atoms with Crippen molar-refractivity contribution in [3.63, 3.8) is 0 Å². The van der Waals surface area contributed by atoms with E-state index in [9.17, 15) is 4.79 Å². The average molecular weight is 394 g/mol. The molecule has 3 rings (SSSR count). The Balaban J connectivity index is 1.92. The van der Waals surface area contributed by atoms with Crippen molar-refractivity contribution >= 4 is 23.2 Å². The Bertz CT molecular complexity index is 855. The van der Waals surface area contributed by atoms with Crippen molar-refractivity contribution in [1.29, 1.82) is 0 Å². The van der Waals surface area contributed by atoms with Gasteiger partial charge < -0.3 is 29.0 Å². The van der Waals surface area contributed by atoms with Gasteiger partial charge in [0.2, 0.25) is 0 Å². The topological polar surface area (TPSA) is 75.3 Å². The van der Waals surface area contributed by atoms with Crippen LogP contribution < -0.4 is 29.0 Å². The average Bonchev–Trinajstić information content (AvgIpc) is 2.91. The molecule has 0 atom stereocenters. The van der Waals surface area contributed by atoms with Crippen molar-refractivity contribution < 1.29 is 28.5 Å². The molecule has 0 bridgehead atoms. The van der Waals surface area contributed by atoms with Crippen LogP contribution in [0.1, 0.15) is 16.8 Å². The van der Waals surface area contributed by atoms with Crippen LogP contribution in [0.3, 0.4) is 0 Å². The van der Waals surface area contributed by atoms with Crippen molar-refractivity contribution in [2.45, 2.75) is 6.42 Å². The Kier molecular flexibility index (Phi) is 5.81. The molecule has 2 aromatic carbocycles. The van der Waals surface area contributed by atoms with Gasteiger partial charge in [-0.3, -0.25) is 4.79 Å². The molecule has 0 unspecified atom stereocenters. The summed E-state index contributed by atoms with van der Waals surface area (Å²) in [6.07, 6.45) is 0.775. The van der Waals surface area contributed by atoms with Gasteiger partial charge in [-0.15, -0.1) is 0 Å². The molecule has 0 aliphatic carbocycles. The molecular weight excluding hydrogens is 374 g/mol. The zero-order chi connectivity index (χ0) is 19.4. The van der Waals surface area contributed by atoms with Crippen molar-refractivity contribution in [3.05, 3.63) is 34.9 Å².